The fraction of sp³-hybridized carbons (Fsp3) is 0.333. The Balaban J connectivity index is 2.24. The van der Waals surface area contributed by atoms with Gasteiger partial charge in [0, 0.05) is 17.2 Å². The standard InChI is InChI=1S/C18H23NO2/c1-3-12-19-14(2)16-9-5-7-11-18(16)21-17-10-6-4-8-15(17)13-20/h4-11,14,19-20H,3,12-13H2,1-2H3. The lowest BCUT2D eigenvalue weighted by Crippen LogP contribution is -2.19. The van der Waals surface area contributed by atoms with Crippen LogP contribution in [0.25, 0.3) is 0 Å². The summed E-state index contributed by atoms with van der Waals surface area (Å²) in [5, 5.41) is 12.9. The maximum absolute atomic E-state index is 9.40. The van der Waals surface area contributed by atoms with E-state index in [1.54, 1.807) is 0 Å². The van der Waals surface area contributed by atoms with E-state index in [-0.39, 0.29) is 12.6 Å². The number of aliphatic hydroxyl groups is 1. The molecule has 0 saturated heterocycles. The van der Waals surface area contributed by atoms with E-state index in [2.05, 4.69) is 25.2 Å². The minimum absolute atomic E-state index is 0.0258. The van der Waals surface area contributed by atoms with Crippen molar-refractivity contribution >= 4 is 0 Å². The highest BCUT2D eigenvalue weighted by molar-refractivity contribution is 5.42. The fourth-order valence-electron chi connectivity index (χ4n) is 2.25. The third-order valence-electron chi connectivity index (χ3n) is 3.45. The van der Waals surface area contributed by atoms with Crippen molar-refractivity contribution in [3.05, 3.63) is 59.7 Å². The molecule has 2 aromatic carbocycles. The van der Waals surface area contributed by atoms with Crippen LogP contribution in [0.1, 0.15) is 37.4 Å². The lowest BCUT2D eigenvalue weighted by Gasteiger charge is -2.18. The molecular weight excluding hydrogens is 262 g/mol. The maximum atomic E-state index is 9.40. The molecule has 0 fully saturated rings. The Morgan fingerprint density at radius 1 is 1.05 bits per heavy atom. The van der Waals surface area contributed by atoms with E-state index < -0.39 is 0 Å². The van der Waals surface area contributed by atoms with Crippen LogP contribution in [0.4, 0.5) is 0 Å². The highest BCUT2D eigenvalue weighted by atomic mass is 16.5. The topological polar surface area (TPSA) is 41.5 Å². The van der Waals surface area contributed by atoms with Crippen LogP contribution in [0, 0.1) is 0 Å². The first-order valence-electron chi connectivity index (χ1n) is 7.45. The van der Waals surface area contributed by atoms with Crippen molar-refractivity contribution in [3.63, 3.8) is 0 Å². The van der Waals surface area contributed by atoms with E-state index in [0.29, 0.717) is 5.75 Å². The van der Waals surface area contributed by atoms with Crippen LogP contribution in [0.2, 0.25) is 0 Å². The Morgan fingerprint density at radius 3 is 2.43 bits per heavy atom. The van der Waals surface area contributed by atoms with Crippen molar-refractivity contribution in [3.8, 4) is 11.5 Å². The number of benzene rings is 2. The van der Waals surface area contributed by atoms with Gasteiger partial charge in [-0.1, -0.05) is 43.3 Å². The van der Waals surface area contributed by atoms with Gasteiger partial charge >= 0.3 is 0 Å². The Bertz CT molecular complexity index is 569. The summed E-state index contributed by atoms with van der Waals surface area (Å²) in [5.41, 5.74) is 1.92. The molecule has 0 bridgehead atoms. The van der Waals surface area contributed by atoms with Gasteiger partial charge in [0.2, 0.25) is 0 Å². The van der Waals surface area contributed by atoms with Crippen molar-refractivity contribution in [2.45, 2.75) is 32.9 Å². The molecule has 0 radical (unpaired) electrons. The molecule has 0 aliphatic rings. The highest BCUT2D eigenvalue weighted by Gasteiger charge is 2.12. The summed E-state index contributed by atoms with van der Waals surface area (Å²) in [5.74, 6) is 1.53. The minimum atomic E-state index is -0.0258. The average Bonchev–Trinajstić information content (AvgIpc) is 2.53. The van der Waals surface area contributed by atoms with Gasteiger partial charge in [-0.2, -0.15) is 0 Å². The number of ether oxygens (including phenoxy) is 1. The molecule has 2 N–H and O–H groups in total. The number of rotatable bonds is 7. The largest absolute Gasteiger partial charge is 0.457 e. The van der Waals surface area contributed by atoms with Crippen molar-refractivity contribution in [2.75, 3.05) is 6.54 Å². The molecule has 0 aliphatic heterocycles. The van der Waals surface area contributed by atoms with E-state index in [1.165, 1.54) is 0 Å². The number of hydrogen-bond donors (Lipinski definition) is 2. The zero-order chi connectivity index (χ0) is 15.1. The van der Waals surface area contributed by atoms with E-state index in [0.717, 1.165) is 29.8 Å². The quantitative estimate of drug-likeness (QED) is 0.807. The van der Waals surface area contributed by atoms with Crippen molar-refractivity contribution in [1.29, 1.82) is 0 Å². The summed E-state index contributed by atoms with van der Waals surface area (Å²) in [7, 11) is 0. The van der Waals surface area contributed by atoms with Crippen LogP contribution in [-0.4, -0.2) is 11.7 Å². The van der Waals surface area contributed by atoms with Crippen molar-refractivity contribution < 1.29 is 9.84 Å². The van der Waals surface area contributed by atoms with Crippen LogP contribution >= 0.6 is 0 Å². The summed E-state index contributed by atoms with van der Waals surface area (Å²) < 4.78 is 6.03. The van der Waals surface area contributed by atoms with Crippen LogP contribution < -0.4 is 10.1 Å². The van der Waals surface area contributed by atoms with Gasteiger partial charge < -0.3 is 15.2 Å². The van der Waals surface area contributed by atoms with Crippen LogP contribution in [0.15, 0.2) is 48.5 Å². The van der Waals surface area contributed by atoms with Gasteiger partial charge in [-0.05, 0) is 32.0 Å². The molecule has 0 saturated carbocycles. The van der Waals surface area contributed by atoms with E-state index in [4.69, 9.17) is 4.74 Å². The summed E-state index contributed by atoms with van der Waals surface area (Å²) >= 11 is 0. The third kappa shape index (κ3) is 4.06. The number of hydrogen-bond acceptors (Lipinski definition) is 3. The zero-order valence-corrected chi connectivity index (χ0v) is 12.7. The van der Waals surface area contributed by atoms with Crippen LogP contribution in [-0.2, 0) is 6.61 Å². The predicted molar refractivity (Wildman–Crippen MR) is 85.6 cm³/mol. The summed E-state index contributed by atoms with van der Waals surface area (Å²) in [6.07, 6.45) is 1.10. The minimum Gasteiger partial charge on any atom is -0.457 e. The normalized spacial score (nSPS) is 12.1. The zero-order valence-electron chi connectivity index (χ0n) is 12.7. The summed E-state index contributed by atoms with van der Waals surface area (Å²) in [4.78, 5) is 0. The monoisotopic (exact) mass is 285 g/mol. The molecule has 3 heteroatoms. The molecule has 2 rings (SSSR count). The van der Waals surface area contributed by atoms with Gasteiger partial charge in [0.1, 0.15) is 11.5 Å². The van der Waals surface area contributed by atoms with E-state index in [9.17, 15) is 5.11 Å². The third-order valence-corrected chi connectivity index (χ3v) is 3.45. The van der Waals surface area contributed by atoms with Gasteiger partial charge in [-0.3, -0.25) is 0 Å². The molecular formula is C18H23NO2. The smallest absolute Gasteiger partial charge is 0.132 e. The van der Waals surface area contributed by atoms with Gasteiger partial charge in [-0.15, -0.1) is 0 Å². The second-order valence-corrected chi connectivity index (χ2v) is 5.08. The van der Waals surface area contributed by atoms with E-state index >= 15 is 0 Å². The van der Waals surface area contributed by atoms with E-state index in [1.807, 2.05) is 42.5 Å². The molecule has 0 heterocycles. The lowest BCUT2D eigenvalue weighted by atomic mass is 10.1. The lowest BCUT2D eigenvalue weighted by molar-refractivity contribution is 0.276. The van der Waals surface area contributed by atoms with Crippen molar-refractivity contribution in [2.24, 2.45) is 0 Å². The predicted octanol–water partition coefficient (Wildman–Crippen LogP) is 4.03. The molecule has 21 heavy (non-hydrogen) atoms. The number of nitrogens with one attached hydrogen (secondary N) is 1. The average molecular weight is 285 g/mol. The van der Waals surface area contributed by atoms with Gasteiger partial charge in [0.05, 0.1) is 6.61 Å². The van der Waals surface area contributed by atoms with Gasteiger partial charge in [0.25, 0.3) is 0 Å². The number of aliphatic hydroxyl groups excluding tert-OH is 1. The molecule has 0 aromatic heterocycles. The maximum Gasteiger partial charge on any atom is 0.132 e. The summed E-state index contributed by atoms with van der Waals surface area (Å²) in [6.45, 7) is 5.24. The SMILES string of the molecule is CCCNC(C)c1ccccc1Oc1ccccc1CO. The van der Waals surface area contributed by atoms with Crippen LogP contribution in [0.5, 0.6) is 11.5 Å². The van der Waals surface area contributed by atoms with Gasteiger partial charge in [0.15, 0.2) is 0 Å². The second kappa shape index (κ2) is 7.81. The molecule has 3 nitrogen and oxygen atoms in total. The molecule has 1 unspecified atom stereocenters. The Labute approximate surface area is 126 Å². The van der Waals surface area contributed by atoms with Gasteiger partial charge in [-0.25, -0.2) is 0 Å². The first kappa shape index (κ1) is 15.5. The highest BCUT2D eigenvalue weighted by Crippen LogP contribution is 2.31. The molecule has 112 valence electrons. The Kier molecular flexibility index (Phi) is 5.78. The van der Waals surface area contributed by atoms with Crippen LogP contribution in [0.3, 0.4) is 0 Å². The first-order valence-corrected chi connectivity index (χ1v) is 7.45. The summed E-state index contributed by atoms with van der Waals surface area (Å²) in [6, 6.07) is 15.8. The Morgan fingerprint density at radius 2 is 1.71 bits per heavy atom. The molecule has 2 aromatic rings. The molecule has 1 atom stereocenters. The number of para-hydroxylation sites is 2. The molecule has 0 aliphatic carbocycles. The molecule has 0 amide bonds. The molecule has 0 spiro atoms. The van der Waals surface area contributed by atoms with Crippen molar-refractivity contribution in [1.82, 2.24) is 5.32 Å². The fourth-order valence-corrected chi connectivity index (χ4v) is 2.25. The first-order chi connectivity index (χ1) is 10.3. The second-order valence-electron chi connectivity index (χ2n) is 5.08. The Hall–Kier alpha value is -1.84.